The van der Waals surface area contributed by atoms with Crippen molar-refractivity contribution in [3.05, 3.63) is 42.0 Å². The highest BCUT2D eigenvalue weighted by Gasteiger charge is 2.60. The highest BCUT2D eigenvalue weighted by Crippen LogP contribution is 2.36. The number of hydrogen-bond donors (Lipinski definition) is 1. The van der Waals surface area contributed by atoms with E-state index in [0.29, 0.717) is 4.90 Å². The molecule has 1 N–H and O–H groups in total. The summed E-state index contributed by atoms with van der Waals surface area (Å²) in [6.45, 7) is -0.516. The number of carbonyl (C=O) groups is 2. The first-order chi connectivity index (χ1) is 12.5. The lowest BCUT2D eigenvalue weighted by Gasteiger charge is -2.39. The lowest BCUT2D eigenvalue weighted by molar-refractivity contribution is -0.308. The first-order valence-corrected chi connectivity index (χ1v) is 7.59. The minimum atomic E-state index is -5.77. The van der Waals surface area contributed by atoms with E-state index >= 15 is 0 Å². The fraction of sp³-hybridized carbons (Fsp3) is 0.375. The van der Waals surface area contributed by atoms with Crippen LogP contribution in [0.1, 0.15) is 5.56 Å². The van der Waals surface area contributed by atoms with Crippen molar-refractivity contribution in [1.29, 1.82) is 0 Å². The van der Waals surface area contributed by atoms with Gasteiger partial charge in [0.05, 0.1) is 6.04 Å². The summed E-state index contributed by atoms with van der Waals surface area (Å²) in [7, 11) is 0. The second-order valence-corrected chi connectivity index (χ2v) is 5.70. The van der Waals surface area contributed by atoms with Crippen molar-refractivity contribution >= 4 is 18.1 Å². The van der Waals surface area contributed by atoms with Crippen LogP contribution in [0.3, 0.4) is 0 Å². The first-order valence-electron chi connectivity index (χ1n) is 7.59. The second-order valence-electron chi connectivity index (χ2n) is 5.70. The standard InChI is InChI=1S/C16H14F6N2O3/c17-15(18,19)13(16(20,21)22)27-14(26)24-8-11(9-24)23-12(25)7-6-10-4-2-1-3-5-10/h1-7,11,13H,8-9H2,(H,23,25). The van der Waals surface area contributed by atoms with E-state index in [1.807, 2.05) is 0 Å². The third kappa shape index (κ3) is 5.90. The number of likely N-dealkylation sites (tertiary alicyclic amines) is 1. The molecule has 0 aliphatic carbocycles. The molecule has 0 atom stereocenters. The Kier molecular flexibility index (Phi) is 6.01. The van der Waals surface area contributed by atoms with Crippen LogP contribution in [0.5, 0.6) is 0 Å². The third-order valence-corrected chi connectivity index (χ3v) is 3.53. The molecule has 1 aliphatic rings. The number of benzene rings is 1. The van der Waals surface area contributed by atoms with Gasteiger partial charge < -0.3 is 15.0 Å². The molecule has 1 aliphatic heterocycles. The van der Waals surface area contributed by atoms with Gasteiger partial charge in [-0.2, -0.15) is 26.3 Å². The van der Waals surface area contributed by atoms with Crippen molar-refractivity contribution in [3.8, 4) is 0 Å². The van der Waals surface area contributed by atoms with Crippen molar-refractivity contribution < 1.29 is 40.7 Å². The molecule has 5 nitrogen and oxygen atoms in total. The van der Waals surface area contributed by atoms with Gasteiger partial charge in [0.15, 0.2) is 0 Å². The summed E-state index contributed by atoms with van der Waals surface area (Å²) in [5.41, 5.74) is 0.761. The highest BCUT2D eigenvalue weighted by atomic mass is 19.4. The number of ether oxygens (including phenoxy) is 1. The summed E-state index contributed by atoms with van der Waals surface area (Å²) in [6, 6.07) is 8.23. The summed E-state index contributed by atoms with van der Waals surface area (Å²) in [6.07, 6.45) is -14.7. The molecular weight excluding hydrogens is 382 g/mol. The van der Waals surface area contributed by atoms with Gasteiger partial charge in [0.25, 0.3) is 6.10 Å². The van der Waals surface area contributed by atoms with Crippen LogP contribution in [0.25, 0.3) is 6.08 Å². The van der Waals surface area contributed by atoms with E-state index in [2.05, 4.69) is 10.1 Å². The number of alkyl halides is 6. The summed E-state index contributed by atoms with van der Waals surface area (Å²) < 4.78 is 77.7. The van der Waals surface area contributed by atoms with Gasteiger partial charge in [0.2, 0.25) is 5.91 Å². The Hall–Kier alpha value is -2.72. The average molecular weight is 396 g/mol. The Morgan fingerprint density at radius 2 is 1.63 bits per heavy atom. The molecule has 1 saturated heterocycles. The van der Waals surface area contributed by atoms with Crippen LogP contribution >= 0.6 is 0 Å². The Bertz CT molecular complexity index is 682. The molecule has 0 bridgehead atoms. The van der Waals surface area contributed by atoms with Gasteiger partial charge in [-0.3, -0.25) is 4.79 Å². The zero-order valence-corrected chi connectivity index (χ0v) is 13.6. The molecule has 0 aromatic heterocycles. The number of hydrogen-bond acceptors (Lipinski definition) is 3. The number of carbonyl (C=O) groups excluding carboxylic acids is 2. The summed E-state index contributed by atoms with van der Waals surface area (Å²) in [4.78, 5) is 23.8. The lowest BCUT2D eigenvalue weighted by atomic mass is 10.1. The predicted molar refractivity (Wildman–Crippen MR) is 81.4 cm³/mol. The van der Waals surface area contributed by atoms with Gasteiger partial charge in [-0.15, -0.1) is 0 Å². The summed E-state index contributed by atoms with van der Waals surface area (Å²) >= 11 is 0. The van der Waals surface area contributed by atoms with Gasteiger partial charge in [0.1, 0.15) is 0 Å². The number of rotatable bonds is 4. The largest absolute Gasteiger partial charge is 0.434 e. The first kappa shape index (κ1) is 20.6. The van der Waals surface area contributed by atoms with E-state index in [4.69, 9.17) is 0 Å². The van der Waals surface area contributed by atoms with Crippen molar-refractivity contribution in [2.75, 3.05) is 13.1 Å². The van der Waals surface area contributed by atoms with Crippen LogP contribution in [-0.2, 0) is 9.53 Å². The molecule has 1 heterocycles. The summed E-state index contributed by atoms with van der Waals surface area (Å²) in [5, 5.41) is 2.47. The Labute approximate surface area is 149 Å². The van der Waals surface area contributed by atoms with Gasteiger partial charge >= 0.3 is 18.4 Å². The monoisotopic (exact) mass is 396 g/mol. The van der Waals surface area contributed by atoms with Crippen LogP contribution in [0.4, 0.5) is 31.1 Å². The Morgan fingerprint density at radius 1 is 1.07 bits per heavy atom. The average Bonchev–Trinajstić information content (AvgIpc) is 2.52. The normalized spacial score (nSPS) is 15.7. The van der Waals surface area contributed by atoms with Crippen molar-refractivity contribution in [3.63, 3.8) is 0 Å². The molecule has 0 saturated carbocycles. The SMILES string of the molecule is O=C(C=Cc1ccccc1)NC1CN(C(=O)OC(C(F)(F)F)C(F)(F)F)C1. The smallest absolute Gasteiger partial charge is 0.426 e. The summed E-state index contributed by atoms with van der Waals surface area (Å²) in [5.74, 6) is -0.514. The Morgan fingerprint density at radius 3 is 2.15 bits per heavy atom. The number of nitrogens with zero attached hydrogens (tertiary/aromatic N) is 1. The maximum absolute atomic E-state index is 12.4. The number of halogens is 6. The molecule has 0 radical (unpaired) electrons. The Balaban J connectivity index is 1.80. The topological polar surface area (TPSA) is 58.6 Å². The van der Waals surface area contributed by atoms with Gasteiger partial charge in [0, 0.05) is 19.2 Å². The maximum atomic E-state index is 12.4. The van der Waals surface area contributed by atoms with E-state index in [9.17, 15) is 35.9 Å². The van der Waals surface area contributed by atoms with Crippen molar-refractivity contribution in [2.24, 2.45) is 0 Å². The molecule has 27 heavy (non-hydrogen) atoms. The van der Waals surface area contributed by atoms with E-state index in [-0.39, 0.29) is 13.1 Å². The van der Waals surface area contributed by atoms with Gasteiger partial charge in [-0.25, -0.2) is 4.79 Å². The zero-order chi connectivity index (χ0) is 20.2. The van der Waals surface area contributed by atoms with Crippen LogP contribution in [0, 0.1) is 0 Å². The van der Waals surface area contributed by atoms with Gasteiger partial charge in [-0.1, -0.05) is 30.3 Å². The minimum Gasteiger partial charge on any atom is -0.426 e. The van der Waals surface area contributed by atoms with Crippen molar-refractivity contribution in [1.82, 2.24) is 10.2 Å². The number of amides is 2. The molecule has 148 valence electrons. The van der Waals surface area contributed by atoms with Crippen LogP contribution in [0.15, 0.2) is 36.4 Å². The predicted octanol–water partition coefficient (Wildman–Crippen LogP) is 3.13. The van der Waals surface area contributed by atoms with E-state index in [1.54, 1.807) is 30.3 Å². The zero-order valence-electron chi connectivity index (χ0n) is 13.6. The lowest BCUT2D eigenvalue weighted by Crippen LogP contribution is -2.62. The molecule has 1 fully saturated rings. The molecule has 0 spiro atoms. The molecule has 2 rings (SSSR count). The van der Waals surface area contributed by atoms with E-state index < -0.39 is 36.5 Å². The molecule has 1 aromatic rings. The van der Waals surface area contributed by atoms with Crippen LogP contribution in [-0.4, -0.2) is 54.5 Å². The molecule has 1 aromatic carbocycles. The second kappa shape index (κ2) is 7.89. The molecule has 11 heteroatoms. The van der Waals surface area contributed by atoms with Gasteiger partial charge in [-0.05, 0) is 11.6 Å². The molecule has 2 amide bonds. The fourth-order valence-corrected chi connectivity index (χ4v) is 2.20. The maximum Gasteiger partial charge on any atom is 0.434 e. The van der Waals surface area contributed by atoms with E-state index in [0.717, 1.165) is 5.56 Å². The molecule has 0 unspecified atom stereocenters. The molecular formula is C16H14F6N2O3. The van der Waals surface area contributed by atoms with Crippen molar-refractivity contribution in [2.45, 2.75) is 24.5 Å². The van der Waals surface area contributed by atoms with E-state index in [1.165, 1.54) is 12.2 Å². The highest BCUT2D eigenvalue weighted by molar-refractivity contribution is 5.92. The number of nitrogens with one attached hydrogen (secondary N) is 1. The van der Waals surface area contributed by atoms with Crippen LogP contribution < -0.4 is 5.32 Å². The minimum absolute atomic E-state index is 0.258. The van der Waals surface area contributed by atoms with Crippen LogP contribution in [0.2, 0.25) is 0 Å². The third-order valence-electron chi connectivity index (χ3n) is 3.53. The fourth-order valence-electron chi connectivity index (χ4n) is 2.20. The quantitative estimate of drug-likeness (QED) is 0.629.